The smallest absolute Gasteiger partial charge is 0.421 e. The number of carbonyl (C=O) groups is 6. The minimum atomic E-state index is -5.04. The first kappa shape index (κ1) is 44.7. The molecule has 5 amide bonds. The Hall–Kier alpha value is -8.42. The molecule has 5 aromatic rings. The third-order valence-electron chi connectivity index (χ3n) is 8.62. The maximum atomic E-state index is 13.6. The molecule has 0 atom stereocenters. The van der Waals surface area contributed by atoms with Crippen LogP contribution in [0.25, 0.3) is 6.08 Å². The predicted octanol–water partition coefficient (Wildman–Crippen LogP) is 6.41. The van der Waals surface area contributed by atoms with Gasteiger partial charge in [0.1, 0.15) is 17.0 Å². The van der Waals surface area contributed by atoms with Crippen molar-refractivity contribution in [3.63, 3.8) is 0 Å². The van der Waals surface area contributed by atoms with Crippen LogP contribution in [0.15, 0.2) is 103 Å². The molecule has 0 unspecified atom stereocenters. The zero-order valence-electron chi connectivity index (χ0n) is 32.1. The van der Waals surface area contributed by atoms with Crippen molar-refractivity contribution in [1.29, 1.82) is 0 Å². The van der Waals surface area contributed by atoms with E-state index in [1.54, 1.807) is 0 Å². The highest BCUT2D eigenvalue weighted by molar-refractivity contribution is 6.11. The highest BCUT2D eigenvalue weighted by Gasteiger charge is 2.38. The molecule has 0 aliphatic heterocycles. The highest BCUT2D eigenvalue weighted by atomic mass is 19.4. The molecule has 0 aliphatic carbocycles. The number of benzene rings is 5. The van der Waals surface area contributed by atoms with E-state index in [1.165, 1.54) is 73.8 Å². The third kappa shape index (κ3) is 10.8. The summed E-state index contributed by atoms with van der Waals surface area (Å²) in [5, 5.41) is 42.3. The van der Waals surface area contributed by atoms with Gasteiger partial charge >= 0.3 is 12.1 Å². The Balaban J connectivity index is 1.14. The van der Waals surface area contributed by atoms with Crippen molar-refractivity contribution in [2.45, 2.75) is 6.18 Å². The molecule has 16 nitrogen and oxygen atoms in total. The Morgan fingerprint density at radius 3 is 1.61 bits per heavy atom. The SMILES string of the molecule is COc1c(NC(=O)c2ccc(NC(=O)c3ccc(NC(=O)CNC(=O)c4ccc(NC(=O)/C(=C/c5ccc(F)cc5)C(F)(F)F)cc4)cc3)c(OC)c2O)ccc(C(=O)O)c1O. The summed E-state index contributed by atoms with van der Waals surface area (Å²) in [6.07, 6.45) is -4.47. The molecule has 62 heavy (non-hydrogen) atoms. The van der Waals surface area contributed by atoms with Crippen LogP contribution in [0.1, 0.15) is 47.0 Å². The number of alkyl halides is 3. The van der Waals surface area contributed by atoms with E-state index in [2.05, 4.69) is 26.6 Å². The average Bonchev–Trinajstić information content (AvgIpc) is 3.22. The molecule has 0 saturated heterocycles. The topological polar surface area (TPSA) is 242 Å². The second kappa shape index (κ2) is 19.1. The predicted molar refractivity (Wildman–Crippen MR) is 215 cm³/mol. The maximum Gasteiger partial charge on any atom is 0.421 e. The zero-order valence-corrected chi connectivity index (χ0v) is 32.1. The third-order valence-corrected chi connectivity index (χ3v) is 8.62. The lowest BCUT2D eigenvalue weighted by Crippen LogP contribution is -2.32. The number of rotatable bonds is 14. The van der Waals surface area contributed by atoms with Crippen molar-refractivity contribution in [3.8, 4) is 23.0 Å². The number of carboxylic acid groups (broad SMARTS) is 1. The number of phenols is 2. The summed E-state index contributed by atoms with van der Waals surface area (Å²) in [7, 11) is 2.32. The summed E-state index contributed by atoms with van der Waals surface area (Å²) in [6, 6.07) is 19.0. The number of aromatic hydroxyl groups is 2. The van der Waals surface area contributed by atoms with Gasteiger partial charge in [0.2, 0.25) is 5.91 Å². The molecule has 0 saturated carbocycles. The number of methoxy groups -OCH3 is 2. The van der Waals surface area contributed by atoms with Gasteiger partial charge in [0.25, 0.3) is 23.6 Å². The Morgan fingerprint density at radius 2 is 1.10 bits per heavy atom. The number of anilines is 4. The van der Waals surface area contributed by atoms with Crippen LogP contribution in [0.5, 0.6) is 23.0 Å². The van der Waals surface area contributed by atoms with Gasteiger partial charge in [-0.1, -0.05) is 12.1 Å². The molecule has 0 aliphatic rings. The molecular weight excluding hydrogens is 826 g/mol. The normalized spacial score (nSPS) is 11.2. The van der Waals surface area contributed by atoms with E-state index in [4.69, 9.17) is 9.47 Å². The van der Waals surface area contributed by atoms with Crippen molar-refractivity contribution in [2.75, 3.05) is 42.0 Å². The Labute approximate surface area is 347 Å². The fourth-order valence-corrected chi connectivity index (χ4v) is 5.57. The van der Waals surface area contributed by atoms with Crippen LogP contribution in [0.3, 0.4) is 0 Å². The van der Waals surface area contributed by atoms with Gasteiger partial charge in [-0.2, -0.15) is 13.2 Å². The van der Waals surface area contributed by atoms with E-state index in [0.29, 0.717) is 6.08 Å². The molecule has 0 bridgehead atoms. The van der Waals surface area contributed by atoms with Gasteiger partial charge in [-0.3, -0.25) is 24.0 Å². The Morgan fingerprint density at radius 1 is 0.613 bits per heavy atom. The lowest BCUT2D eigenvalue weighted by Gasteiger charge is -2.16. The summed E-state index contributed by atoms with van der Waals surface area (Å²) in [5.74, 6) is -8.61. The summed E-state index contributed by atoms with van der Waals surface area (Å²) in [5.41, 5.74) is -2.27. The van der Waals surface area contributed by atoms with Gasteiger partial charge in [0, 0.05) is 22.5 Å². The van der Waals surface area contributed by atoms with E-state index in [9.17, 15) is 61.6 Å². The van der Waals surface area contributed by atoms with Crippen LogP contribution in [-0.4, -0.2) is 77.8 Å². The number of hydrogen-bond acceptors (Lipinski definition) is 10. The monoisotopic (exact) mass is 859 g/mol. The van der Waals surface area contributed by atoms with Crippen LogP contribution >= 0.6 is 0 Å². The second-order valence-corrected chi connectivity index (χ2v) is 12.7. The number of carbonyl (C=O) groups excluding carboxylic acids is 5. The Kier molecular flexibility index (Phi) is 13.8. The molecule has 20 heteroatoms. The van der Waals surface area contributed by atoms with Gasteiger partial charge in [-0.25, -0.2) is 9.18 Å². The number of amides is 5. The van der Waals surface area contributed by atoms with E-state index in [-0.39, 0.29) is 56.5 Å². The van der Waals surface area contributed by atoms with Gasteiger partial charge in [0.05, 0.1) is 37.7 Å². The number of ether oxygens (including phenoxy) is 2. The fourth-order valence-electron chi connectivity index (χ4n) is 5.57. The number of hydrogen-bond donors (Lipinski definition) is 8. The molecule has 0 aromatic heterocycles. The lowest BCUT2D eigenvalue weighted by molar-refractivity contribution is -0.126. The molecule has 5 aromatic carbocycles. The minimum Gasteiger partial charge on any atom is -0.504 e. The summed E-state index contributed by atoms with van der Waals surface area (Å²) in [4.78, 5) is 75.2. The van der Waals surface area contributed by atoms with Crippen molar-refractivity contribution < 1.29 is 71.1 Å². The zero-order chi connectivity index (χ0) is 45.3. The number of phenolic OH excluding ortho intramolecular Hbond substituents is 1. The van der Waals surface area contributed by atoms with Gasteiger partial charge in [0.15, 0.2) is 23.0 Å². The lowest BCUT2D eigenvalue weighted by atomic mass is 10.1. The van der Waals surface area contributed by atoms with Crippen molar-refractivity contribution >= 4 is 64.3 Å². The molecule has 8 N–H and O–H groups in total. The molecule has 0 fully saturated rings. The number of nitrogens with one attached hydrogen (secondary N) is 5. The first-order valence-electron chi connectivity index (χ1n) is 17.7. The number of aromatic carboxylic acids is 1. The van der Waals surface area contributed by atoms with Crippen LogP contribution in [0, 0.1) is 5.82 Å². The van der Waals surface area contributed by atoms with Crippen molar-refractivity contribution in [1.82, 2.24) is 5.32 Å². The number of carboxylic acids is 1. The first-order valence-corrected chi connectivity index (χ1v) is 17.7. The molecule has 0 spiro atoms. The molecule has 320 valence electrons. The molecule has 0 heterocycles. The summed E-state index contributed by atoms with van der Waals surface area (Å²) in [6.45, 7) is -0.507. The standard InChI is InChI=1S/C42H33F4N5O11/c1-61-35-30(17-15-27(33(35)53)39(57)51-31-18-16-28(41(59)60)34(54)36(31)62-2)50-38(56)23-7-11-25(12-8-23)48-32(52)20-47-37(55)22-5-13-26(14-6-22)49-40(58)29(42(44,45)46)19-21-3-9-24(43)10-4-21/h3-19,53-54H,20H2,1-2H3,(H,47,55)(H,48,52)(H,49,58)(H,50,56)(H,51,57)(H,59,60)/b29-19-. The van der Waals surface area contributed by atoms with E-state index < -0.39 is 76.7 Å². The molecule has 5 rings (SSSR count). The van der Waals surface area contributed by atoms with E-state index >= 15 is 0 Å². The maximum absolute atomic E-state index is 13.6. The summed E-state index contributed by atoms with van der Waals surface area (Å²) >= 11 is 0. The highest BCUT2D eigenvalue weighted by Crippen LogP contribution is 2.40. The van der Waals surface area contributed by atoms with E-state index in [0.717, 1.165) is 37.4 Å². The van der Waals surface area contributed by atoms with Crippen LogP contribution in [-0.2, 0) is 9.59 Å². The molecular formula is C42H33F4N5O11. The van der Waals surface area contributed by atoms with Crippen LogP contribution in [0.4, 0.5) is 40.3 Å². The molecule has 0 radical (unpaired) electrons. The van der Waals surface area contributed by atoms with Gasteiger partial charge in [-0.05, 0) is 96.6 Å². The fraction of sp³-hybridized carbons (Fsp3) is 0.0952. The van der Waals surface area contributed by atoms with Gasteiger partial charge in [-0.15, -0.1) is 0 Å². The number of halogens is 4. The Bertz CT molecular complexity index is 2580. The van der Waals surface area contributed by atoms with Gasteiger partial charge < -0.3 is 51.4 Å². The van der Waals surface area contributed by atoms with Crippen LogP contribution in [0.2, 0.25) is 0 Å². The minimum absolute atomic E-state index is 0.0125. The van der Waals surface area contributed by atoms with Crippen molar-refractivity contribution in [3.05, 3.63) is 136 Å². The van der Waals surface area contributed by atoms with Crippen molar-refractivity contribution in [2.24, 2.45) is 0 Å². The van der Waals surface area contributed by atoms with E-state index in [1.807, 2.05) is 0 Å². The average molecular weight is 860 g/mol. The quantitative estimate of drug-likeness (QED) is 0.0448. The first-order chi connectivity index (χ1) is 29.4. The second-order valence-electron chi connectivity index (χ2n) is 12.7. The largest absolute Gasteiger partial charge is 0.504 e. The summed E-state index contributed by atoms with van der Waals surface area (Å²) < 4.78 is 64.3. The van der Waals surface area contributed by atoms with Crippen LogP contribution < -0.4 is 36.1 Å².